The van der Waals surface area contributed by atoms with E-state index in [2.05, 4.69) is 11.9 Å². The van der Waals surface area contributed by atoms with Crippen LogP contribution in [0.15, 0.2) is 5.51 Å². The van der Waals surface area contributed by atoms with Crippen molar-refractivity contribution >= 4 is 11.3 Å². The maximum Gasteiger partial charge on any atom is 0.0797 e. The third-order valence-corrected chi connectivity index (χ3v) is 3.71. The molecule has 0 saturated heterocycles. The van der Waals surface area contributed by atoms with Crippen molar-refractivity contribution in [1.29, 1.82) is 0 Å². The van der Waals surface area contributed by atoms with Gasteiger partial charge >= 0.3 is 0 Å². The maximum absolute atomic E-state index is 5.72. The van der Waals surface area contributed by atoms with Crippen molar-refractivity contribution in [1.82, 2.24) is 4.98 Å². The maximum atomic E-state index is 5.72. The molecule has 0 spiro atoms. The molecule has 0 amide bonds. The summed E-state index contributed by atoms with van der Waals surface area (Å²) in [6.07, 6.45) is 3.77. The first-order valence-corrected chi connectivity index (χ1v) is 5.23. The minimum Gasteiger partial charge on any atom is -0.330 e. The lowest BCUT2D eigenvalue weighted by Crippen LogP contribution is -2.17. The second-order valence-electron chi connectivity index (χ2n) is 3.74. The number of aromatic nitrogens is 1. The lowest BCUT2D eigenvalue weighted by Gasteiger charge is -2.09. The van der Waals surface area contributed by atoms with Gasteiger partial charge in [-0.15, -0.1) is 11.3 Å². The van der Waals surface area contributed by atoms with Gasteiger partial charge < -0.3 is 5.73 Å². The zero-order valence-corrected chi connectivity index (χ0v) is 8.16. The minimum absolute atomic E-state index is 0.456. The van der Waals surface area contributed by atoms with Gasteiger partial charge in [0.1, 0.15) is 0 Å². The van der Waals surface area contributed by atoms with Crippen LogP contribution in [-0.4, -0.2) is 11.5 Å². The van der Waals surface area contributed by atoms with Crippen LogP contribution in [0.4, 0.5) is 0 Å². The Kier molecular flexibility index (Phi) is 1.93. The molecule has 1 heterocycles. The lowest BCUT2D eigenvalue weighted by atomic mass is 10.0. The molecule has 1 saturated carbocycles. The number of nitrogens with zero attached hydrogens (tertiary/aromatic N) is 1. The highest BCUT2D eigenvalue weighted by Gasteiger charge is 2.41. The van der Waals surface area contributed by atoms with Gasteiger partial charge in [0, 0.05) is 4.88 Å². The summed E-state index contributed by atoms with van der Waals surface area (Å²) in [5.74, 6) is 0. The average molecular weight is 182 g/mol. The summed E-state index contributed by atoms with van der Waals surface area (Å²) in [5, 5.41) is 0. The Morgan fingerprint density at radius 1 is 1.67 bits per heavy atom. The quantitative estimate of drug-likeness (QED) is 0.773. The summed E-state index contributed by atoms with van der Waals surface area (Å²) < 4.78 is 0. The van der Waals surface area contributed by atoms with Crippen molar-refractivity contribution < 1.29 is 0 Å². The molecule has 2 rings (SSSR count). The molecule has 0 aliphatic heterocycles. The zero-order valence-electron chi connectivity index (χ0n) is 7.34. The first-order chi connectivity index (χ1) is 5.76. The third-order valence-electron chi connectivity index (χ3n) is 2.77. The van der Waals surface area contributed by atoms with Gasteiger partial charge in [-0.3, -0.25) is 0 Å². The number of aryl methyl sites for hydroxylation is 1. The molecule has 66 valence electrons. The molecular formula is C9H14N2S. The molecular weight excluding hydrogens is 168 g/mol. The van der Waals surface area contributed by atoms with Gasteiger partial charge in [-0.2, -0.15) is 0 Å². The molecule has 0 atom stereocenters. The van der Waals surface area contributed by atoms with Gasteiger partial charge in [0.2, 0.25) is 0 Å². The first kappa shape index (κ1) is 8.20. The van der Waals surface area contributed by atoms with Gasteiger partial charge in [0.05, 0.1) is 11.2 Å². The molecule has 1 aliphatic carbocycles. The fraction of sp³-hybridized carbons (Fsp3) is 0.667. The number of thiazole rings is 1. The molecule has 0 unspecified atom stereocenters. The highest BCUT2D eigenvalue weighted by atomic mass is 32.1. The van der Waals surface area contributed by atoms with Crippen LogP contribution in [0, 0.1) is 12.3 Å². The minimum atomic E-state index is 0.456. The molecule has 2 nitrogen and oxygen atoms in total. The fourth-order valence-corrected chi connectivity index (χ4v) is 2.42. The van der Waals surface area contributed by atoms with Crippen LogP contribution in [0.25, 0.3) is 0 Å². The first-order valence-electron chi connectivity index (χ1n) is 4.35. The van der Waals surface area contributed by atoms with E-state index in [1.165, 1.54) is 23.4 Å². The number of hydrogen-bond acceptors (Lipinski definition) is 3. The second-order valence-corrected chi connectivity index (χ2v) is 4.68. The third kappa shape index (κ3) is 1.39. The Morgan fingerprint density at radius 2 is 2.42 bits per heavy atom. The monoisotopic (exact) mass is 182 g/mol. The molecule has 1 aliphatic rings. The van der Waals surface area contributed by atoms with Crippen molar-refractivity contribution in [2.24, 2.45) is 11.1 Å². The van der Waals surface area contributed by atoms with E-state index in [1.807, 2.05) is 5.51 Å². The van der Waals surface area contributed by atoms with Gasteiger partial charge in [0.25, 0.3) is 0 Å². The standard InChI is InChI=1S/C9H14N2S/c1-7-8(12-6-11-7)4-9(5-10)2-3-9/h6H,2-5,10H2,1H3. The number of nitrogens with two attached hydrogens (primary N) is 1. The zero-order chi connectivity index (χ0) is 8.60. The van der Waals surface area contributed by atoms with Crippen LogP contribution < -0.4 is 5.73 Å². The van der Waals surface area contributed by atoms with E-state index in [0.717, 1.165) is 13.0 Å². The topological polar surface area (TPSA) is 38.9 Å². The predicted molar refractivity (Wildman–Crippen MR) is 51.3 cm³/mol. The number of hydrogen-bond donors (Lipinski definition) is 1. The highest BCUT2D eigenvalue weighted by molar-refractivity contribution is 7.09. The smallest absolute Gasteiger partial charge is 0.0797 e. The van der Waals surface area contributed by atoms with Crippen LogP contribution in [0.3, 0.4) is 0 Å². The van der Waals surface area contributed by atoms with Crippen molar-refractivity contribution in [3.63, 3.8) is 0 Å². The van der Waals surface area contributed by atoms with E-state index in [-0.39, 0.29) is 0 Å². The molecule has 0 aromatic carbocycles. The van der Waals surface area contributed by atoms with E-state index < -0.39 is 0 Å². The van der Waals surface area contributed by atoms with Crippen LogP contribution >= 0.6 is 11.3 Å². The van der Waals surface area contributed by atoms with Crippen molar-refractivity contribution in [2.45, 2.75) is 26.2 Å². The molecule has 12 heavy (non-hydrogen) atoms. The summed E-state index contributed by atoms with van der Waals surface area (Å²) in [7, 11) is 0. The van der Waals surface area contributed by atoms with Crippen LogP contribution in [0.5, 0.6) is 0 Å². The normalized spacial score (nSPS) is 19.5. The van der Waals surface area contributed by atoms with E-state index in [9.17, 15) is 0 Å². The van der Waals surface area contributed by atoms with Crippen molar-refractivity contribution in [2.75, 3.05) is 6.54 Å². The van der Waals surface area contributed by atoms with Crippen molar-refractivity contribution in [3.8, 4) is 0 Å². The Bertz CT molecular complexity index is 276. The molecule has 3 heteroatoms. The van der Waals surface area contributed by atoms with Crippen molar-refractivity contribution in [3.05, 3.63) is 16.1 Å². The summed E-state index contributed by atoms with van der Waals surface area (Å²) >= 11 is 1.77. The summed E-state index contributed by atoms with van der Waals surface area (Å²) in [5.41, 5.74) is 9.30. The molecule has 1 aromatic rings. The Labute approximate surface area is 76.8 Å². The lowest BCUT2D eigenvalue weighted by molar-refractivity contribution is 0.524. The van der Waals surface area contributed by atoms with Gasteiger partial charge in [-0.05, 0) is 38.1 Å². The summed E-state index contributed by atoms with van der Waals surface area (Å²) in [4.78, 5) is 5.67. The Hall–Kier alpha value is -0.410. The molecule has 1 aromatic heterocycles. The summed E-state index contributed by atoms with van der Waals surface area (Å²) in [6.45, 7) is 2.92. The predicted octanol–water partition coefficient (Wildman–Crippen LogP) is 1.73. The van der Waals surface area contributed by atoms with E-state index in [4.69, 9.17) is 5.73 Å². The summed E-state index contributed by atoms with van der Waals surface area (Å²) in [6, 6.07) is 0. The SMILES string of the molecule is Cc1ncsc1CC1(CN)CC1. The molecule has 1 fully saturated rings. The fourth-order valence-electron chi connectivity index (χ4n) is 1.47. The van der Waals surface area contributed by atoms with Gasteiger partial charge in [-0.1, -0.05) is 0 Å². The molecule has 0 bridgehead atoms. The Morgan fingerprint density at radius 3 is 2.83 bits per heavy atom. The molecule has 2 N–H and O–H groups in total. The van der Waals surface area contributed by atoms with Crippen LogP contribution in [0.2, 0.25) is 0 Å². The number of rotatable bonds is 3. The van der Waals surface area contributed by atoms with Gasteiger partial charge in [0.15, 0.2) is 0 Å². The average Bonchev–Trinajstić information content (AvgIpc) is 2.74. The highest BCUT2D eigenvalue weighted by Crippen LogP contribution is 2.48. The van der Waals surface area contributed by atoms with E-state index >= 15 is 0 Å². The molecule has 0 radical (unpaired) electrons. The second kappa shape index (κ2) is 2.82. The van der Waals surface area contributed by atoms with E-state index in [1.54, 1.807) is 11.3 Å². The van der Waals surface area contributed by atoms with Crippen LogP contribution in [0.1, 0.15) is 23.4 Å². The van der Waals surface area contributed by atoms with E-state index in [0.29, 0.717) is 5.41 Å². The van der Waals surface area contributed by atoms with Gasteiger partial charge in [-0.25, -0.2) is 4.98 Å². The van der Waals surface area contributed by atoms with Crippen LogP contribution in [-0.2, 0) is 6.42 Å². The Balaban J connectivity index is 2.08. The largest absolute Gasteiger partial charge is 0.330 e.